The van der Waals surface area contributed by atoms with E-state index in [1.807, 2.05) is 0 Å². The Bertz CT molecular complexity index is 842. The lowest BCUT2D eigenvalue weighted by Crippen LogP contribution is -2.15. The monoisotopic (exact) mass is 287 g/mol. The van der Waals surface area contributed by atoms with Gasteiger partial charge in [-0.1, -0.05) is 18.2 Å². The number of hydrogen-bond donors (Lipinski definition) is 1. The maximum Gasteiger partial charge on any atom is 0.249 e. The lowest BCUT2D eigenvalue weighted by atomic mass is 10.1. The summed E-state index contributed by atoms with van der Waals surface area (Å²) in [6.45, 7) is 0.292. The summed E-state index contributed by atoms with van der Waals surface area (Å²) in [6.07, 6.45) is 1.47. The smallest absolute Gasteiger partial charge is 0.249 e. The fourth-order valence-corrected chi connectivity index (χ4v) is 2.26. The van der Waals surface area contributed by atoms with Gasteiger partial charge in [-0.2, -0.15) is 0 Å². The molecule has 0 unspecified atom stereocenters. The summed E-state index contributed by atoms with van der Waals surface area (Å²) in [5.74, 6) is -2.41. The second kappa shape index (κ2) is 4.97. The van der Waals surface area contributed by atoms with Gasteiger partial charge in [0.2, 0.25) is 5.91 Å². The Hall–Kier alpha value is -2.76. The summed E-state index contributed by atoms with van der Waals surface area (Å²) in [5, 5.41) is 0. The van der Waals surface area contributed by atoms with Gasteiger partial charge in [0.25, 0.3) is 0 Å². The van der Waals surface area contributed by atoms with Gasteiger partial charge < -0.3 is 10.3 Å². The Morgan fingerprint density at radius 3 is 2.67 bits per heavy atom. The van der Waals surface area contributed by atoms with Crippen LogP contribution in [0.2, 0.25) is 0 Å². The number of nitrogens with zero attached hydrogens (tertiary/aromatic N) is 2. The van der Waals surface area contributed by atoms with Crippen LogP contribution in [0.5, 0.6) is 0 Å². The van der Waals surface area contributed by atoms with Gasteiger partial charge >= 0.3 is 0 Å². The Labute approximate surface area is 118 Å². The molecule has 4 nitrogen and oxygen atoms in total. The standard InChI is InChI=1S/C15H11F2N3O/c16-11-5-13-14(6-12(11)17)20(8-19-13)7-9-3-1-2-4-10(9)15(18)21/h1-6,8H,7H2,(H2,18,21). The number of benzene rings is 2. The van der Waals surface area contributed by atoms with Crippen LogP contribution in [0.25, 0.3) is 11.0 Å². The van der Waals surface area contributed by atoms with Crippen molar-refractivity contribution in [3.05, 3.63) is 65.5 Å². The highest BCUT2D eigenvalue weighted by molar-refractivity contribution is 5.94. The van der Waals surface area contributed by atoms with E-state index in [1.165, 1.54) is 6.33 Å². The third-order valence-electron chi connectivity index (χ3n) is 3.29. The molecule has 0 aliphatic rings. The van der Waals surface area contributed by atoms with Gasteiger partial charge in [-0.15, -0.1) is 0 Å². The average Bonchev–Trinajstić information content (AvgIpc) is 2.82. The first-order valence-corrected chi connectivity index (χ1v) is 6.24. The predicted octanol–water partition coefficient (Wildman–Crippen LogP) is 2.46. The zero-order valence-electron chi connectivity index (χ0n) is 10.9. The van der Waals surface area contributed by atoms with Gasteiger partial charge in [0.05, 0.1) is 17.4 Å². The second-order valence-electron chi connectivity index (χ2n) is 4.65. The Kier molecular flexibility index (Phi) is 3.13. The number of nitrogens with two attached hydrogens (primary N) is 1. The van der Waals surface area contributed by atoms with Crippen molar-refractivity contribution in [1.29, 1.82) is 0 Å². The summed E-state index contributed by atoms with van der Waals surface area (Å²) in [4.78, 5) is 15.4. The number of aromatic nitrogens is 2. The van der Waals surface area contributed by atoms with E-state index < -0.39 is 17.5 Å². The lowest BCUT2D eigenvalue weighted by Gasteiger charge is -2.08. The minimum atomic E-state index is -0.940. The Morgan fingerprint density at radius 2 is 1.90 bits per heavy atom. The Morgan fingerprint density at radius 1 is 1.19 bits per heavy atom. The van der Waals surface area contributed by atoms with Crippen molar-refractivity contribution in [2.24, 2.45) is 5.73 Å². The van der Waals surface area contributed by atoms with Crippen LogP contribution in [0.3, 0.4) is 0 Å². The van der Waals surface area contributed by atoms with E-state index in [9.17, 15) is 13.6 Å². The van der Waals surface area contributed by atoms with Crippen molar-refractivity contribution >= 4 is 16.9 Å². The third-order valence-corrected chi connectivity index (χ3v) is 3.29. The molecule has 0 aliphatic heterocycles. The van der Waals surface area contributed by atoms with Crippen molar-refractivity contribution in [2.45, 2.75) is 6.54 Å². The van der Waals surface area contributed by atoms with E-state index in [0.29, 0.717) is 28.7 Å². The third kappa shape index (κ3) is 2.35. The summed E-state index contributed by atoms with van der Waals surface area (Å²) < 4.78 is 28.2. The van der Waals surface area contributed by atoms with Crippen molar-refractivity contribution in [2.75, 3.05) is 0 Å². The van der Waals surface area contributed by atoms with Crippen LogP contribution in [0, 0.1) is 11.6 Å². The van der Waals surface area contributed by atoms with E-state index in [2.05, 4.69) is 4.98 Å². The molecule has 0 fully saturated rings. The predicted molar refractivity (Wildman–Crippen MR) is 73.7 cm³/mol. The molecule has 1 heterocycles. The second-order valence-corrected chi connectivity index (χ2v) is 4.65. The van der Waals surface area contributed by atoms with Crippen molar-refractivity contribution in [3.8, 4) is 0 Å². The van der Waals surface area contributed by atoms with E-state index in [1.54, 1.807) is 28.8 Å². The number of imidazole rings is 1. The van der Waals surface area contributed by atoms with Crippen molar-refractivity contribution < 1.29 is 13.6 Å². The summed E-state index contributed by atoms with van der Waals surface area (Å²) in [6, 6.07) is 9.00. The molecular formula is C15H11F2N3O. The molecule has 2 aromatic carbocycles. The number of fused-ring (bicyclic) bond motifs is 1. The van der Waals surface area contributed by atoms with E-state index in [-0.39, 0.29) is 0 Å². The highest BCUT2D eigenvalue weighted by atomic mass is 19.2. The zero-order chi connectivity index (χ0) is 15.0. The molecule has 1 aromatic heterocycles. The number of amides is 1. The van der Waals surface area contributed by atoms with Crippen LogP contribution in [0.15, 0.2) is 42.7 Å². The van der Waals surface area contributed by atoms with Crippen LogP contribution in [0.1, 0.15) is 15.9 Å². The zero-order valence-corrected chi connectivity index (χ0v) is 10.9. The highest BCUT2D eigenvalue weighted by Crippen LogP contribution is 2.19. The minimum absolute atomic E-state index is 0.292. The van der Waals surface area contributed by atoms with E-state index >= 15 is 0 Å². The van der Waals surface area contributed by atoms with Gasteiger partial charge in [-0.05, 0) is 11.6 Å². The highest BCUT2D eigenvalue weighted by Gasteiger charge is 2.12. The van der Waals surface area contributed by atoms with Crippen LogP contribution < -0.4 is 5.73 Å². The van der Waals surface area contributed by atoms with Gasteiger partial charge in [0, 0.05) is 24.2 Å². The molecule has 3 aromatic rings. The number of hydrogen-bond acceptors (Lipinski definition) is 2. The van der Waals surface area contributed by atoms with E-state index in [0.717, 1.165) is 12.1 Å². The summed E-state index contributed by atoms with van der Waals surface area (Å²) in [7, 11) is 0. The molecule has 0 aliphatic carbocycles. The van der Waals surface area contributed by atoms with Crippen LogP contribution in [-0.2, 0) is 6.54 Å². The normalized spacial score (nSPS) is 11.0. The molecule has 1 amide bonds. The quantitative estimate of drug-likeness (QED) is 0.804. The molecular weight excluding hydrogens is 276 g/mol. The minimum Gasteiger partial charge on any atom is -0.366 e. The van der Waals surface area contributed by atoms with E-state index in [4.69, 9.17) is 5.73 Å². The Balaban J connectivity index is 2.07. The molecule has 0 radical (unpaired) electrons. The average molecular weight is 287 g/mol. The molecule has 2 N–H and O–H groups in total. The van der Waals surface area contributed by atoms with Gasteiger partial charge in [-0.25, -0.2) is 13.8 Å². The first-order chi connectivity index (χ1) is 10.1. The number of halogens is 2. The largest absolute Gasteiger partial charge is 0.366 e. The molecule has 6 heteroatoms. The van der Waals surface area contributed by atoms with Crippen LogP contribution in [0.4, 0.5) is 8.78 Å². The number of rotatable bonds is 3. The maximum absolute atomic E-state index is 13.4. The lowest BCUT2D eigenvalue weighted by molar-refractivity contribution is 0.0999. The van der Waals surface area contributed by atoms with Crippen molar-refractivity contribution in [3.63, 3.8) is 0 Å². The van der Waals surface area contributed by atoms with Crippen molar-refractivity contribution in [1.82, 2.24) is 9.55 Å². The number of carbonyl (C=O) groups is 1. The molecule has 0 bridgehead atoms. The first kappa shape index (κ1) is 13.2. The molecule has 3 rings (SSSR count). The number of primary amides is 1. The maximum atomic E-state index is 13.4. The molecule has 0 spiro atoms. The first-order valence-electron chi connectivity index (χ1n) is 6.24. The molecule has 21 heavy (non-hydrogen) atoms. The number of carbonyl (C=O) groups excluding carboxylic acids is 1. The topological polar surface area (TPSA) is 60.9 Å². The van der Waals surface area contributed by atoms with Gasteiger partial charge in [-0.3, -0.25) is 4.79 Å². The molecule has 0 atom stereocenters. The molecule has 106 valence electrons. The molecule has 0 saturated heterocycles. The molecule has 0 saturated carbocycles. The van der Waals surface area contributed by atoms with Crippen LogP contribution >= 0.6 is 0 Å². The van der Waals surface area contributed by atoms with Crippen LogP contribution in [-0.4, -0.2) is 15.5 Å². The fraction of sp³-hybridized carbons (Fsp3) is 0.0667. The van der Waals surface area contributed by atoms with Gasteiger partial charge in [0.1, 0.15) is 0 Å². The van der Waals surface area contributed by atoms with Gasteiger partial charge in [0.15, 0.2) is 11.6 Å². The SMILES string of the molecule is NC(=O)c1ccccc1Cn1cnc2cc(F)c(F)cc21. The summed E-state index contributed by atoms with van der Waals surface area (Å²) >= 11 is 0. The summed E-state index contributed by atoms with van der Waals surface area (Å²) in [5.41, 5.74) is 7.21. The fourth-order valence-electron chi connectivity index (χ4n) is 2.26.